The van der Waals surface area contributed by atoms with E-state index in [2.05, 4.69) is 36.1 Å². The molecule has 0 saturated heterocycles. The van der Waals surface area contributed by atoms with Gasteiger partial charge in [-0.1, -0.05) is 20.8 Å². The van der Waals surface area contributed by atoms with Crippen LogP contribution in [0, 0.1) is 6.92 Å². The Bertz CT molecular complexity index is 1060. The second-order valence-electron chi connectivity index (χ2n) is 9.62. The zero-order valence-corrected chi connectivity index (χ0v) is 18.6. The van der Waals surface area contributed by atoms with E-state index in [1.165, 1.54) is 5.56 Å². The maximum atomic E-state index is 11.0. The van der Waals surface area contributed by atoms with Crippen LogP contribution in [-0.4, -0.2) is 35.8 Å². The van der Waals surface area contributed by atoms with E-state index < -0.39 is 5.60 Å². The first-order chi connectivity index (χ1) is 14.6. The fraction of sp³-hybridized carbons (Fsp3) is 0.458. The molecule has 1 aliphatic rings. The number of aliphatic hydroxyl groups excluding tert-OH is 1. The molecule has 164 valence electrons. The van der Waals surface area contributed by atoms with E-state index in [1.807, 2.05) is 48.1 Å². The highest BCUT2D eigenvalue weighted by atomic mass is 16.3. The van der Waals surface area contributed by atoms with Crippen molar-refractivity contribution in [2.75, 3.05) is 5.32 Å². The summed E-state index contributed by atoms with van der Waals surface area (Å²) >= 11 is 0. The highest BCUT2D eigenvalue weighted by Gasteiger charge is 2.36. The minimum Gasteiger partial charge on any atom is -0.393 e. The van der Waals surface area contributed by atoms with Crippen LogP contribution in [0.25, 0.3) is 5.82 Å². The van der Waals surface area contributed by atoms with E-state index >= 15 is 0 Å². The van der Waals surface area contributed by atoms with Crippen molar-refractivity contribution in [1.29, 1.82) is 0 Å². The summed E-state index contributed by atoms with van der Waals surface area (Å²) in [4.78, 5) is 13.6. The number of anilines is 2. The Labute approximate surface area is 183 Å². The summed E-state index contributed by atoms with van der Waals surface area (Å²) in [6, 6.07) is 8.03. The topological polar surface area (TPSA) is 96.1 Å². The molecule has 3 aromatic rings. The van der Waals surface area contributed by atoms with Crippen molar-refractivity contribution in [3.05, 3.63) is 59.8 Å². The number of aryl methyl sites for hydroxylation is 1. The van der Waals surface area contributed by atoms with Gasteiger partial charge in [0, 0.05) is 12.4 Å². The van der Waals surface area contributed by atoms with Crippen LogP contribution in [-0.2, 0) is 11.0 Å². The first-order valence-electron chi connectivity index (χ1n) is 10.8. The van der Waals surface area contributed by atoms with Crippen molar-refractivity contribution in [3.8, 4) is 5.82 Å². The van der Waals surface area contributed by atoms with Gasteiger partial charge in [-0.3, -0.25) is 4.57 Å². The summed E-state index contributed by atoms with van der Waals surface area (Å²) in [6.45, 7) is 8.54. The fourth-order valence-corrected chi connectivity index (χ4v) is 3.97. The van der Waals surface area contributed by atoms with Gasteiger partial charge in [0.25, 0.3) is 0 Å². The van der Waals surface area contributed by atoms with Gasteiger partial charge in [0.2, 0.25) is 0 Å². The molecule has 0 radical (unpaired) electrons. The predicted molar refractivity (Wildman–Crippen MR) is 121 cm³/mol. The Morgan fingerprint density at radius 2 is 1.84 bits per heavy atom. The molecule has 0 atom stereocenters. The lowest BCUT2D eigenvalue weighted by Crippen LogP contribution is -2.33. The summed E-state index contributed by atoms with van der Waals surface area (Å²) in [5.74, 6) is 2.16. The number of nitrogens with zero attached hydrogens (tertiary/aromatic N) is 4. The molecule has 7 heteroatoms. The van der Waals surface area contributed by atoms with Crippen LogP contribution in [0.3, 0.4) is 0 Å². The molecule has 31 heavy (non-hydrogen) atoms. The van der Waals surface area contributed by atoms with Gasteiger partial charge in [-0.25, -0.2) is 15.0 Å². The van der Waals surface area contributed by atoms with Crippen molar-refractivity contribution < 1.29 is 10.2 Å². The van der Waals surface area contributed by atoms with Crippen molar-refractivity contribution in [2.45, 2.75) is 70.5 Å². The highest BCUT2D eigenvalue weighted by Crippen LogP contribution is 2.36. The number of aliphatic hydroxyl groups is 2. The average Bonchev–Trinajstić information content (AvgIpc) is 3.21. The third kappa shape index (κ3) is 4.78. The molecular weight excluding hydrogens is 390 g/mol. The monoisotopic (exact) mass is 421 g/mol. The van der Waals surface area contributed by atoms with Crippen LogP contribution >= 0.6 is 0 Å². The van der Waals surface area contributed by atoms with Crippen LogP contribution in [0.5, 0.6) is 0 Å². The summed E-state index contributed by atoms with van der Waals surface area (Å²) in [6.07, 6.45) is 7.18. The maximum Gasteiger partial charge on any atom is 0.140 e. The van der Waals surface area contributed by atoms with Gasteiger partial charge in [-0.2, -0.15) is 0 Å². The number of aromatic nitrogens is 4. The smallest absolute Gasteiger partial charge is 0.140 e. The van der Waals surface area contributed by atoms with Crippen LogP contribution in [0.2, 0.25) is 0 Å². The molecule has 3 N–H and O–H groups in total. The van der Waals surface area contributed by atoms with E-state index in [0.29, 0.717) is 43.0 Å². The van der Waals surface area contributed by atoms with Gasteiger partial charge >= 0.3 is 0 Å². The lowest BCUT2D eigenvalue weighted by molar-refractivity contribution is -0.0389. The van der Waals surface area contributed by atoms with Crippen molar-refractivity contribution in [1.82, 2.24) is 19.5 Å². The summed E-state index contributed by atoms with van der Waals surface area (Å²) in [5, 5.41) is 24.1. The lowest BCUT2D eigenvalue weighted by Gasteiger charge is -2.32. The fourth-order valence-electron chi connectivity index (χ4n) is 3.97. The minimum absolute atomic E-state index is 0.0349. The molecule has 0 amide bonds. The molecule has 0 bridgehead atoms. The van der Waals surface area contributed by atoms with Gasteiger partial charge < -0.3 is 15.5 Å². The molecule has 0 spiro atoms. The molecule has 3 heterocycles. The molecular formula is C24H31N5O2. The number of imidazole rings is 1. The third-order valence-corrected chi connectivity index (χ3v) is 5.94. The van der Waals surface area contributed by atoms with E-state index in [0.717, 1.165) is 11.4 Å². The lowest BCUT2D eigenvalue weighted by atomic mass is 9.81. The van der Waals surface area contributed by atoms with E-state index in [1.54, 1.807) is 6.33 Å². The number of hydrogen-bond donors (Lipinski definition) is 3. The first kappa shape index (κ1) is 21.5. The van der Waals surface area contributed by atoms with Crippen LogP contribution < -0.4 is 5.32 Å². The molecule has 4 rings (SSSR count). The first-order valence-corrected chi connectivity index (χ1v) is 10.8. The normalized spacial score (nSPS) is 21.8. The minimum atomic E-state index is -0.993. The molecule has 1 aliphatic carbocycles. The highest BCUT2D eigenvalue weighted by molar-refractivity contribution is 5.55. The number of pyridine rings is 2. The van der Waals surface area contributed by atoms with Gasteiger partial charge in [0.1, 0.15) is 29.4 Å². The maximum absolute atomic E-state index is 11.0. The zero-order chi connectivity index (χ0) is 22.2. The summed E-state index contributed by atoms with van der Waals surface area (Å²) in [5.41, 5.74) is 1.91. The molecule has 0 unspecified atom stereocenters. The molecule has 1 fully saturated rings. The third-order valence-electron chi connectivity index (χ3n) is 5.94. The van der Waals surface area contributed by atoms with E-state index in [-0.39, 0.29) is 11.5 Å². The average molecular weight is 422 g/mol. The second-order valence-corrected chi connectivity index (χ2v) is 9.62. The zero-order valence-electron chi connectivity index (χ0n) is 18.6. The molecule has 7 nitrogen and oxygen atoms in total. The van der Waals surface area contributed by atoms with Gasteiger partial charge in [-0.05, 0) is 73.4 Å². The molecule has 3 aromatic heterocycles. The summed E-state index contributed by atoms with van der Waals surface area (Å²) < 4.78 is 1.83. The summed E-state index contributed by atoms with van der Waals surface area (Å²) in [7, 11) is 0. The van der Waals surface area contributed by atoms with Crippen molar-refractivity contribution >= 4 is 11.6 Å². The van der Waals surface area contributed by atoms with Gasteiger partial charge in [0.15, 0.2) is 0 Å². The van der Waals surface area contributed by atoms with E-state index in [9.17, 15) is 10.2 Å². The Balaban J connectivity index is 1.59. The van der Waals surface area contributed by atoms with Gasteiger partial charge in [-0.15, -0.1) is 0 Å². The van der Waals surface area contributed by atoms with Crippen molar-refractivity contribution in [2.24, 2.45) is 0 Å². The number of hydrogen-bond acceptors (Lipinski definition) is 6. The number of nitrogens with one attached hydrogen (secondary N) is 1. The second kappa shape index (κ2) is 8.05. The predicted octanol–water partition coefficient (Wildman–Crippen LogP) is 4.13. The van der Waals surface area contributed by atoms with E-state index in [4.69, 9.17) is 4.98 Å². The Morgan fingerprint density at radius 3 is 2.55 bits per heavy atom. The van der Waals surface area contributed by atoms with Crippen LogP contribution in [0.15, 0.2) is 43.0 Å². The molecule has 0 aromatic carbocycles. The molecule has 1 saturated carbocycles. The largest absolute Gasteiger partial charge is 0.393 e. The Hall–Kier alpha value is -2.77. The SMILES string of the molecule is Cc1cc(Nc2cc(C(C)(C)C)ccn2)nc(-n2cnc([C@]3(O)CC[C@@H](O)CC3)c2)c1. The van der Waals surface area contributed by atoms with Gasteiger partial charge in [0.05, 0.1) is 11.8 Å². The Kier molecular flexibility index (Phi) is 5.58. The standard InChI is InChI=1S/C24H31N5O2/c1-16-11-21(27-20-13-17(7-10-25-20)23(2,3)4)28-22(12-16)29-14-19(26-15-29)24(31)8-5-18(30)6-9-24/h7,10-15,18,30-31H,5-6,8-9H2,1-4H3,(H,25,27,28)/t18-,24+. The quantitative estimate of drug-likeness (QED) is 0.586. The van der Waals surface area contributed by atoms with Crippen LogP contribution in [0.1, 0.15) is 63.3 Å². The Morgan fingerprint density at radius 1 is 1.10 bits per heavy atom. The number of rotatable bonds is 4. The molecule has 0 aliphatic heterocycles. The van der Waals surface area contributed by atoms with Crippen molar-refractivity contribution in [3.63, 3.8) is 0 Å². The van der Waals surface area contributed by atoms with Crippen LogP contribution in [0.4, 0.5) is 11.6 Å².